The van der Waals surface area contributed by atoms with Crippen molar-refractivity contribution in [3.8, 4) is 11.1 Å². The van der Waals surface area contributed by atoms with Gasteiger partial charge >= 0.3 is 0 Å². The van der Waals surface area contributed by atoms with Crippen LogP contribution in [0.5, 0.6) is 0 Å². The minimum absolute atomic E-state index is 0.240. The summed E-state index contributed by atoms with van der Waals surface area (Å²) in [7, 11) is 0. The van der Waals surface area contributed by atoms with Gasteiger partial charge in [-0.3, -0.25) is 0 Å². The first kappa shape index (κ1) is 10.9. The fraction of sp³-hybridized carbons (Fsp3) is 0.143. The van der Waals surface area contributed by atoms with E-state index in [1.54, 1.807) is 0 Å². The fourth-order valence-electron chi connectivity index (χ4n) is 1.80. The molecule has 0 saturated carbocycles. The van der Waals surface area contributed by atoms with Crippen LogP contribution in [0.2, 0.25) is 0 Å². The first-order valence-corrected chi connectivity index (χ1v) is 5.35. The van der Waals surface area contributed by atoms with Gasteiger partial charge in [-0.2, -0.15) is 0 Å². The average molecular weight is 213 g/mol. The molecule has 0 aliphatic heterocycles. The van der Waals surface area contributed by atoms with Gasteiger partial charge < -0.3 is 10.8 Å². The monoisotopic (exact) mass is 213 g/mol. The molecule has 1 unspecified atom stereocenters. The molecule has 0 spiro atoms. The molecule has 0 aliphatic rings. The molecule has 2 aromatic rings. The lowest BCUT2D eigenvalue weighted by Gasteiger charge is -2.13. The van der Waals surface area contributed by atoms with Crippen molar-refractivity contribution in [2.45, 2.75) is 6.10 Å². The lowest BCUT2D eigenvalue weighted by atomic mass is 9.96. The second-order valence-electron chi connectivity index (χ2n) is 3.70. The number of rotatable bonds is 3. The van der Waals surface area contributed by atoms with Crippen molar-refractivity contribution >= 4 is 0 Å². The Bertz CT molecular complexity index is 453. The average Bonchev–Trinajstić information content (AvgIpc) is 2.39. The number of aliphatic hydroxyl groups excluding tert-OH is 1. The van der Waals surface area contributed by atoms with Crippen molar-refractivity contribution in [3.63, 3.8) is 0 Å². The molecule has 0 fully saturated rings. The highest BCUT2D eigenvalue weighted by Gasteiger charge is 2.10. The Balaban J connectivity index is 2.49. The molecule has 16 heavy (non-hydrogen) atoms. The smallest absolute Gasteiger partial charge is 0.0918 e. The molecule has 2 heteroatoms. The Morgan fingerprint density at radius 1 is 0.938 bits per heavy atom. The molecule has 0 aromatic heterocycles. The molecule has 0 saturated heterocycles. The van der Waals surface area contributed by atoms with Crippen LogP contribution in [0.4, 0.5) is 0 Å². The van der Waals surface area contributed by atoms with Crippen LogP contribution in [0, 0.1) is 0 Å². The molecule has 2 rings (SSSR count). The minimum atomic E-state index is -0.601. The first-order valence-electron chi connectivity index (χ1n) is 5.35. The van der Waals surface area contributed by atoms with Gasteiger partial charge in [0.15, 0.2) is 0 Å². The van der Waals surface area contributed by atoms with Crippen LogP contribution < -0.4 is 5.73 Å². The minimum Gasteiger partial charge on any atom is -0.387 e. The second kappa shape index (κ2) is 4.92. The molecule has 0 radical (unpaired) electrons. The SMILES string of the molecule is NCC(O)c1ccccc1-c1ccccc1. The molecule has 82 valence electrons. The molecule has 0 aliphatic carbocycles. The van der Waals surface area contributed by atoms with Crippen LogP contribution in [-0.2, 0) is 0 Å². The Morgan fingerprint density at radius 2 is 1.56 bits per heavy atom. The molecule has 2 nitrogen and oxygen atoms in total. The largest absolute Gasteiger partial charge is 0.387 e. The predicted molar refractivity (Wildman–Crippen MR) is 65.9 cm³/mol. The molecule has 1 atom stereocenters. The summed E-state index contributed by atoms with van der Waals surface area (Å²) in [6, 6.07) is 17.8. The summed E-state index contributed by atoms with van der Waals surface area (Å²) in [4.78, 5) is 0. The van der Waals surface area contributed by atoms with Gasteiger partial charge in [-0.05, 0) is 16.7 Å². The van der Waals surface area contributed by atoms with Gasteiger partial charge in [0.25, 0.3) is 0 Å². The molecular weight excluding hydrogens is 198 g/mol. The normalized spacial score (nSPS) is 12.4. The molecule has 0 bridgehead atoms. The zero-order valence-corrected chi connectivity index (χ0v) is 9.01. The third-order valence-electron chi connectivity index (χ3n) is 2.63. The second-order valence-corrected chi connectivity index (χ2v) is 3.70. The molecular formula is C14H15NO. The topological polar surface area (TPSA) is 46.2 Å². The lowest BCUT2D eigenvalue weighted by molar-refractivity contribution is 0.187. The summed E-state index contributed by atoms with van der Waals surface area (Å²) in [6.45, 7) is 0.240. The van der Waals surface area contributed by atoms with Crippen molar-refractivity contribution in [3.05, 3.63) is 60.2 Å². The summed E-state index contributed by atoms with van der Waals surface area (Å²) < 4.78 is 0. The standard InChI is InChI=1S/C14H15NO/c15-10-14(16)13-9-5-4-8-12(13)11-6-2-1-3-7-11/h1-9,14,16H,10,15H2. The fourth-order valence-corrected chi connectivity index (χ4v) is 1.80. The summed E-state index contributed by atoms with van der Waals surface area (Å²) in [5.74, 6) is 0. The van der Waals surface area contributed by atoms with E-state index in [0.29, 0.717) is 0 Å². The number of hydrogen-bond donors (Lipinski definition) is 2. The van der Waals surface area contributed by atoms with Crippen LogP contribution in [-0.4, -0.2) is 11.7 Å². The highest BCUT2D eigenvalue weighted by atomic mass is 16.3. The maximum atomic E-state index is 9.85. The van der Waals surface area contributed by atoms with Gasteiger partial charge in [0.1, 0.15) is 0 Å². The first-order chi connectivity index (χ1) is 7.83. The van der Waals surface area contributed by atoms with E-state index in [1.807, 2.05) is 54.6 Å². The van der Waals surface area contributed by atoms with Gasteiger partial charge in [-0.25, -0.2) is 0 Å². The summed E-state index contributed by atoms with van der Waals surface area (Å²) in [5, 5.41) is 9.85. The summed E-state index contributed by atoms with van der Waals surface area (Å²) >= 11 is 0. The Hall–Kier alpha value is -1.64. The molecule has 0 heterocycles. The van der Waals surface area contributed by atoms with Crippen molar-refractivity contribution in [1.29, 1.82) is 0 Å². The van der Waals surface area contributed by atoms with Crippen LogP contribution in [0.25, 0.3) is 11.1 Å². The number of nitrogens with two attached hydrogens (primary N) is 1. The quantitative estimate of drug-likeness (QED) is 0.822. The van der Waals surface area contributed by atoms with Crippen LogP contribution in [0.15, 0.2) is 54.6 Å². The van der Waals surface area contributed by atoms with E-state index in [-0.39, 0.29) is 6.54 Å². The highest BCUT2D eigenvalue weighted by molar-refractivity contribution is 5.67. The highest BCUT2D eigenvalue weighted by Crippen LogP contribution is 2.27. The van der Waals surface area contributed by atoms with Crippen LogP contribution >= 0.6 is 0 Å². The third kappa shape index (κ3) is 2.13. The van der Waals surface area contributed by atoms with Gasteiger partial charge in [0.2, 0.25) is 0 Å². The molecule has 2 aromatic carbocycles. The van der Waals surface area contributed by atoms with Gasteiger partial charge in [0.05, 0.1) is 6.10 Å². The van der Waals surface area contributed by atoms with E-state index in [9.17, 15) is 5.11 Å². The van der Waals surface area contributed by atoms with E-state index < -0.39 is 6.10 Å². The van der Waals surface area contributed by atoms with E-state index in [1.165, 1.54) is 0 Å². The van der Waals surface area contributed by atoms with Crippen molar-refractivity contribution < 1.29 is 5.11 Å². The Morgan fingerprint density at radius 3 is 2.25 bits per heavy atom. The van der Waals surface area contributed by atoms with Gasteiger partial charge in [-0.15, -0.1) is 0 Å². The Kier molecular flexibility index (Phi) is 3.34. The summed E-state index contributed by atoms with van der Waals surface area (Å²) in [6.07, 6.45) is -0.601. The lowest BCUT2D eigenvalue weighted by Crippen LogP contribution is -2.12. The zero-order chi connectivity index (χ0) is 11.4. The Labute approximate surface area is 95.4 Å². The van der Waals surface area contributed by atoms with Crippen molar-refractivity contribution in [2.24, 2.45) is 5.73 Å². The zero-order valence-electron chi connectivity index (χ0n) is 9.01. The van der Waals surface area contributed by atoms with Crippen LogP contribution in [0.1, 0.15) is 11.7 Å². The van der Waals surface area contributed by atoms with Crippen LogP contribution in [0.3, 0.4) is 0 Å². The predicted octanol–water partition coefficient (Wildman–Crippen LogP) is 2.35. The molecule has 3 N–H and O–H groups in total. The third-order valence-corrected chi connectivity index (χ3v) is 2.63. The molecule has 0 amide bonds. The number of hydrogen-bond acceptors (Lipinski definition) is 2. The van der Waals surface area contributed by atoms with E-state index >= 15 is 0 Å². The number of benzene rings is 2. The van der Waals surface area contributed by atoms with E-state index in [2.05, 4.69) is 0 Å². The summed E-state index contributed by atoms with van der Waals surface area (Å²) in [5.41, 5.74) is 8.53. The van der Waals surface area contributed by atoms with Crippen molar-refractivity contribution in [1.82, 2.24) is 0 Å². The van der Waals surface area contributed by atoms with E-state index in [0.717, 1.165) is 16.7 Å². The maximum Gasteiger partial charge on any atom is 0.0918 e. The van der Waals surface area contributed by atoms with E-state index in [4.69, 9.17) is 5.73 Å². The van der Waals surface area contributed by atoms with Gasteiger partial charge in [-0.1, -0.05) is 54.6 Å². The maximum absolute atomic E-state index is 9.85. The van der Waals surface area contributed by atoms with Gasteiger partial charge in [0, 0.05) is 6.54 Å². The van der Waals surface area contributed by atoms with Crippen molar-refractivity contribution in [2.75, 3.05) is 6.54 Å². The number of aliphatic hydroxyl groups is 1.